The van der Waals surface area contributed by atoms with Gasteiger partial charge >= 0.3 is 0 Å². The Labute approximate surface area is 134 Å². The number of imidazole rings is 1. The van der Waals surface area contributed by atoms with E-state index in [2.05, 4.69) is 26.1 Å². The molecule has 0 spiro atoms. The Morgan fingerprint density at radius 3 is 2.83 bits per heavy atom. The smallest absolute Gasteiger partial charge is 0.165 e. The van der Waals surface area contributed by atoms with Crippen molar-refractivity contribution in [1.82, 2.24) is 24.4 Å². The van der Waals surface area contributed by atoms with Gasteiger partial charge in [-0.1, -0.05) is 0 Å². The lowest BCUT2D eigenvalue weighted by Gasteiger charge is -2.25. The number of fused-ring (bicyclic) bond motifs is 1. The maximum absolute atomic E-state index is 5.85. The standard InChI is InChI=1S/C16H21N5O2/c1-2-8-23-14(3-1)21-12-19-15-13(17-11-18-16(15)21)4-5-20-6-9-22-10-7-20/h4-5,11-12,14H,1-3,6-10H2/b5-4+. The van der Waals surface area contributed by atoms with Gasteiger partial charge in [0.1, 0.15) is 18.1 Å². The molecule has 2 saturated heterocycles. The molecular formula is C16H21N5O2. The van der Waals surface area contributed by atoms with E-state index in [1.807, 2.05) is 17.0 Å². The van der Waals surface area contributed by atoms with Crippen LogP contribution in [0.4, 0.5) is 0 Å². The van der Waals surface area contributed by atoms with Gasteiger partial charge in [-0.15, -0.1) is 0 Å². The number of morpholine rings is 1. The molecule has 1 atom stereocenters. The van der Waals surface area contributed by atoms with Crippen molar-refractivity contribution in [1.29, 1.82) is 0 Å². The third-order valence-corrected chi connectivity index (χ3v) is 4.34. The maximum atomic E-state index is 5.85. The van der Waals surface area contributed by atoms with Crippen molar-refractivity contribution in [2.24, 2.45) is 0 Å². The van der Waals surface area contributed by atoms with Crippen LogP contribution in [0.3, 0.4) is 0 Å². The van der Waals surface area contributed by atoms with Crippen LogP contribution >= 0.6 is 0 Å². The average Bonchev–Trinajstić information content (AvgIpc) is 3.06. The van der Waals surface area contributed by atoms with E-state index in [4.69, 9.17) is 9.47 Å². The first-order valence-electron chi connectivity index (χ1n) is 8.21. The van der Waals surface area contributed by atoms with Gasteiger partial charge in [0.15, 0.2) is 5.65 Å². The first-order chi connectivity index (χ1) is 11.4. The number of hydrogen-bond acceptors (Lipinski definition) is 6. The molecule has 4 rings (SSSR count). The fourth-order valence-corrected chi connectivity index (χ4v) is 3.05. The molecular weight excluding hydrogens is 294 g/mol. The molecule has 0 saturated carbocycles. The van der Waals surface area contributed by atoms with Crippen LogP contribution in [0.2, 0.25) is 0 Å². The Kier molecular flexibility index (Phi) is 4.21. The zero-order valence-electron chi connectivity index (χ0n) is 13.1. The molecule has 2 aromatic heterocycles. The van der Waals surface area contributed by atoms with Crippen LogP contribution in [-0.2, 0) is 9.47 Å². The fourth-order valence-electron chi connectivity index (χ4n) is 3.05. The predicted octanol–water partition coefficient (Wildman–Crippen LogP) is 1.83. The first-order valence-corrected chi connectivity index (χ1v) is 8.21. The molecule has 0 amide bonds. The van der Waals surface area contributed by atoms with Gasteiger partial charge in [0, 0.05) is 25.9 Å². The number of aromatic nitrogens is 4. The number of nitrogens with zero attached hydrogens (tertiary/aromatic N) is 5. The minimum atomic E-state index is 0.0414. The summed E-state index contributed by atoms with van der Waals surface area (Å²) in [7, 11) is 0. The van der Waals surface area contributed by atoms with Gasteiger partial charge in [-0.3, -0.25) is 4.57 Å². The summed E-state index contributed by atoms with van der Waals surface area (Å²) in [4.78, 5) is 15.5. The van der Waals surface area contributed by atoms with Crippen LogP contribution in [0.25, 0.3) is 17.2 Å². The third-order valence-electron chi connectivity index (χ3n) is 4.34. The van der Waals surface area contributed by atoms with E-state index in [1.165, 1.54) is 6.42 Å². The molecule has 4 heterocycles. The molecule has 23 heavy (non-hydrogen) atoms. The summed E-state index contributed by atoms with van der Waals surface area (Å²) in [5.74, 6) is 0. The number of rotatable bonds is 3. The average molecular weight is 315 g/mol. The van der Waals surface area contributed by atoms with Crippen molar-refractivity contribution in [3.05, 3.63) is 24.5 Å². The van der Waals surface area contributed by atoms with E-state index in [1.54, 1.807) is 6.33 Å². The van der Waals surface area contributed by atoms with Crippen LogP contribution in [0.1, 0.15) is 31.2 Å². The lowest BCUT2D eigenvalue weighted by Crippen LogP contribution is -2.31. The normalized spacial score (nSPS) is 23.0. The molecule has 2 fully saturated rings. The zero-order chi connectivity index (χ0) is 15.5. The van der Waals surface area contributed by atoms with Crippen LogP contribution in [0, 0.1) is 0 Å². The van der Waals surface area contributed by atoms with Crippen molar-refractivity contribution in [3.63, 3.8) is 0 Å². The Morgan fingerprint density at radius 1 is 1.09 bits per heavy atom. The Hall–Kier alpha value is -1.99. The molecule has 0 aliphatic carbocycles. The number of ether oxygens (including phenoxy) is 2. The predicted molar refractivity (Wildman–Crippen MR) is 85.6 cm³/mol. The zero-order valence-corrected chi connectivity index (χ0v) is 13.1. The highest BCUT2D eigenvalue weighted by molar-refractivity contribution is 5.79. The van der Waals surface area contributed by atoms with Gasteiger partial charge in [0.25, 0.3) is 0 Å². The van der Waals surface area contributed by atoms with E-state index >= 15 is 0 Å². The molecule has 0 N–H and O–H groups in total. The monoisotopic (exact) mass is 315 g/mol. The molecule has 0 aromatic carbocycles. The molecule has 122 valence electrons. The van der Waals surface area contributed by atoms with E-state index in [9.17, 15) is 0 Å². The Balaban J connectivity index is 1.60. The van der Waals surface area contributed by atoms with Gasteiger partial charge in [-0.25, -0.2) is 15.0 Å². The largest absolute Gasteiger partial charge is 0.378 e. The van der Waals surface area contributed by atoms with Crippen LogP contribution in [-0.4, -0.2) is 57.3 Å². The lowest BCUT2D eigenvalue weighted by atomic mass is 10.2. The summed E-state index contributed by atoms with van der Waals surface area (Å²) in [5.41, 5.74) is 2.51. The molecule has 0 bridgehead atoms. The molecule has 2 aliphatic heterocycles. The van der Waals surface area contributed by atoms with Gasteiger partial charge in [0.2, 0.25) is 0 Å². The highest BCUT2D eigenvalue weighted by Crippen LogP contribution is 2.26. The number of hydrogen-bond donors (Lipinski definition) is 0. The second-order valence-electron chi connectivity index (χ2n) is 5.87. The van der Waals surface area contributed by atoms with Crippen LogP contribution in [0.15, 0.2) is 18.9 Å². The second kappa shape index (κ2) is 6.64. The molecule has 2 aromatic rings. The summed E-state index contributed by atoms with van der Waals surface area (Å²) in [5, 5.41) is 0. The van der Waals surface area contributed by atoms with E-state index in [-0.39, 0.29) is 6.23 Å². The first kappa shape index (κ1) is 14.6. The summed E-state index contributed by atoms with van der Waals surface area (Å²) in [6.07, 6.45) is 10.9. The van der Waals surface area contributed by atoms with E-state index < -0.39 is 0 Å². The molecule has 2 aliphatic rings. The lowest BCUT2D eigenvalue weighted by molar-refractivity contribution is -0.0298. The minimum absolute atomic E-state index is 0.0414. The third kappa shape index (κ3) is 3.07. The second-order valence-corrected chi connectivity index (χ2v) is 5.87. The Morgan fingerprint density at radius 2 is 2.00 bits per heavy atom. The highest BCUT2D eigenvalue weighted by Gasteiger charge is 2.19. The van der Waals surface area contributed by atoms with Gasteiger partial charge < -0.3 is 14.4 Å². The van der Waals surface area contributed by atoms with Crippen LogP contribution in [0.5, 0.6) is 0 Å². The van der Waals surface area contributed by atoms with Crippen LogP contribution < -0.4 is 0 Å². The van der Waals surface area contributed by atoms with E-state index in [0.717, 1.165) is 62.6 Å². The van der Waals surface area contributed by atoms with E-state index in [0.29, 0.717) is 0 Å². The topological polar surface area (TPSA) is 65.3 Å². The summed E-state index contributed by atoms with van der Waals surface area (Å²) < 4.78 is 13.2. The van der Waals surface area contributed by atoms with Gasteiger partial charge in [-0.2, -0.15) is 0 Å². The van der Waals surface area contributed by atoms with Crippen molar-refractivity contribution in [2.45, 2.75) is 25.5 Å². The molecule has 1 unspecified atom stereocenters. The summed E-state index contributed by atoms with van der Waals surface area (Å²) >= 11 is 0. The quantitative estimate of drug-likeness (QED) is 0.861. The highest BCUT2D eigenvalue weighted by atomic mass is 16.5. The minimum Gasteiger partial charge on any atom is -0.378 e. The van der Waals surface area contributed by atoms with Crippen molar-refractivity contribution >= 4 is 17.2 Å². The fraction of sp³-hybridized carbons (Fsp3) is 0.562. The van der Waals surface area contributed by atoms with Crippen molar-refractivity contribution < 1.29 is 9.47 Å². The summed E-state index contributed by atoms with van der Waals surface area (Å²) in [6, 6.07) is 0. The van der Waals surface area contributed by atoms with Crippen molar-refractivity contribution in [3.8, 4) is 0 Å². The van der Waals surface area contributed by atoms with Crippen molar-refractivity contribution in [2.75, 3.05) is 32.9 Å². The SMILES string of the molecule is C(=C\N1CCOCC1)/c1ncnc2c1ncn2C1CCCCO1. The Bertz CT molecular complexity index is 687. The van der Waals surface area contributed by atoms with Gasteiger partial charge in [-0.05, 0) is 25.3 Å². The van der Waals surface area contributed by atoms with Gasteiger partial charge in [0.05, 0.1) is 25.2 Å². The molecule has 0 radical (unpaired) electrons. The maximum Gasteiger partial charge on any atom is 0.165 e. The summed E-state index contributed by atoms with van der Waals surface area (Å²) in [6.45, 7) is 4.18. The molecule has 7 heteroatoms. The molecule has 7 nitrogen and oxygen atoms in total.